The van der Waals surface area contributed by atoms with E-state index in [0.29, 0.717) is 30.8 Å². The van der Waals surface area contributed by atoms with Crippen LogP contribution in [-0.4, -0.2) is 45.2 Å². The third kappa shape index (κ3) is 6.88. The highest BCUT2D eigenvalue weighted by Crippen LogP contribution is 2.22. The minimum absolute atomic E-state index is 0.0490. The molecule has 5 aromatic rings. The van der Waals surface area contributed by atoms with Gasteiger partial charge in [0, 0.05) is 68.1 Å². The second-order valence-corrected chi connectivity index (χ2v) is 10.0. The maximum absolute atomic E-state index is 13.3. The van der Waals surface area contributed by atoms with Gasteiger partial charge in [-0.05, 0) is 66.9 Å². The summed E-state index contributed by atoms with van der Waals surface area (Å²) in [7, 11) is 5.81. The maximum Gasteiger partial charge on any atom is 0.258 e. The molecule has 0 radical (unpaired) electrons. The number of benzene rings is 3. The fourth-order valence-corrected chi connectivity index (χ4v) is 4.50. The quantitative estimate of drug-likeness (QED) is 0.239. The van der Waals surface area contributed by atoms with E-state index in [1.165, 1.54) is 0 Å². The molecule has 0 aliphatic rings. The van der Waals surface area contributed by atoms with Gasteiger partial charge in [-0.3, -0.25) is 24.2 Å². The lowest BCUT2D eigenvalue weighted by atomic mass is 10.1. The molecule has 2 aromatic heterocycles. The molecule has 0 saturated carbocycles. The summed E-state index contributed by atoms with van der Waals surface area (Å²) in [6.07, 6.45) is 7.16. The Morgan fingerprint density at radius 2 is 1.66 bits per heavy atom. The van der Waals surface area contributed by atoms with E-state index in [2.05, 4.69) is 15.7 Å². The second kappa shape index (κ2) is 12.3. The summed E-state index contributed by atoms with van der Waals surface area (Å²) in [5.74, 6) is 0.116. The van der Waals surface area contributed by atoms with Crippen molar-refractivity contribution >= 4 is 29.1 Å². The first-order chi connectivity index (χ1) is 19.9. The molecule has 41 heavy (non-hydrogen) atoms. The Kier molecular flexibility index (Phi) is 8.24. The van der Waals surface area contributed by atoms with Crippen LogP contribution in [0.1, 0.15) is 28.9 Å². The summed E-state index contributed by atoms with van der Waals surface area (Å²) in [4.78, 5) is 32.6. The molecule has 0 unspecified atom stereocenters. The molecule has 0 fully saturated rings. The lowest BCUT2D eigenvalue weighted by molar-refractivity contribution is -0.116. The minimum Gasteiger partial charge on any atom is -0.378 e. The van der Waals surface area contributed by atoms with Crippen molar-refractivity contribution in [2.45, 2.75) is 19.3 Å². The van der Waals surface area contributed by atoms with Gasteiger partial charge in [0.1, 0.15) is 0 Å². The molecule has 0 saturated heterocycles. The predicted molar refractivity (Wildman–Crippen MR) is 162 cm³/mol. The largest absolute Gasteiger partial charge is 0.378 e. The summed E-state index contributed by atoms with van der Waals surface area (Å²) in [6, 6.07) is 24.9. The zero-order valence-electron chi connectivity index (χ0n) is 23.4. The number of carbonyl (C=O) groups is 2. The van der Waals surface area contributed by atoms with Crippen LogP contribution in [0, 0.1) is 0 Å². The number of nitrogens with one attached hydrogen (secondary N) is 2. The fourth-order valence-electron chi connectivity index (χ4n) is 4.50. The van der Waals surface area contributed by atoms with Gasteiger partial charge in [-0.2, -0.15) is 5.10 Å². The van der Waals surface area contributed by atoms with E-state index in [0.717, 1.165) is 33.9 Å². The van der Waals surface area contributed by atoms with Crippen LogP contribution in [0.3, 0.4) is 0 Å². The monoisotopic (exact) mass is 547 g/mol. The van der Waals surface area contributed by atoms with Crippen molar-refractivity contribution < 1.29 is 9.59 Å². The number of imidazole rings is 1. The number of carbonyl (C=O) groups excluding carboxylic acids is 2. The number of aromatic nitrogens is 4. The maximum atomic E-state index is 13.3. The van der Waals surface area contributed by atoms with Gasteiger partial charge in [-0.25, -0.2) is 4.98 Å². The van der Waals surface area contributed by atoms with Crippen molar-refractivity contribution in [1.29, 1.82) is 0 Å². The molecule has 0 bridgehead atoms. The highest BCUT2D eigenvalue weighted by molar-refractivity contribution is 6.04. The van der Waals surface area contributed by atoms with E-state index in [1.54, 1.807) is 16.9 Å². The number of amides is 2. The van der Waals surface area contributed by atoms with Crippen LogP contribution in [0.15, 0.2) is 97.5 Å². The smallest absolute Gasteiger partial charge is 0.258 e. The zero-order chi connectivity index (χ0) is 28.8. The Labute approximate surface area is 239 Å². The molecule has 2 heterocycles. The van der Waals surface area contributed by atoms with Gasteiger partial charge in [-0.15, -0.1) is 0 Å². The van der Waals surface area contributed by atoms with Crippen LogP contribution < -0.4 is 15.5 Å². The standard InChI is InChI=1S/C32H33N7O2/c1-37(2)28-17-15-26(16-18-28)34-30(40)14-8-11-27-22-39(29-12-5-4-6-13-29)32(35-27)36-31(41)24-10-7-9-23(19-24)25-20-33-38(3)21-25/h4-7,9-10,12-13,15-22H,8,11,14H2,1-3H3,(H,34,40)(H,35,36,41). The second-order valence-electron chi connectivity index (χ2n) is 10.0. The van der Waals surface area contributed by atoms with E-state index in [1.807, 2.05) is 116 Å². The molecule has 2 amide bonds. The zero-order valence-corrected chi connectivity index (χ0v) is 23.4. The lowest BCUT2D eigenvalue weighted by Crippen LogP contribution is -2.15. The van der Waals surface area contributed by atoms with Crippen molar-refractivity contribution in [2.75, 3.05) is 29.6 Å². The van der Waals surface area contributed by atoms with E-state index in [9.17, 15) is 9.59 Å². The molecule has 0 aliphatic carbocycles. The van der Waals surface area contributed by atoms with Crippen LogP contribution in [0.4, 0.5) is 17.3 Å². The van der Waals surface area contributed by atoms with Crippen LogP contribution in [0.25, 0.3) is 16.8 Å². The number of anilines is 3. The fraction of sp³-hybridized carbons (Fsp3) is 0.188. The molecule has 3 aromatic carbocycles. The normalized spacial score (nSPS) is 10.8. The average Bonchev–Trinajstić information content (AvgIpc) is 3.60. The van der Waals surface area contributed by atoms with E-state index < -0.39 is 0 Å². The summed E-state index contributed by atoms with van der Waals surface area (Å²) in [5, 5.41) is 10.2. The summed E-state index contributed by atoms with van der Waals surface area (Å²) >= 11 is 0. The van der Waals surface area contributed by atoms with Crippen molar-refractivity contribution in [3.05, 3.63) is 109 Å². The van der Waals surface area contributed by atoms with Crippen molar-refractivity contribution in [1.82, 2.24) is 19.3 Å². The van der Waals surface area contributed by atoms with Crippen LogP contribution in [0.5, 0.6) is 0 Å². The van der Waals surface area contributed by atoms with Crippen LogP contribution in [-0.2, 0) is 18.3 Å². The number of rotatable bonds is 10. The van der Waals surface area contributed by atoms with Gasteiger partial charge in [0.2, 0.25) is 11.9 Å². The van der Waals surface area contributed by atoms with Gasteiger partial charge in [0.15, 0.2) is 0 Å². The lowest BCUT2D eigenvalue weighted by Gasteiger charge is -2.13. The molecule has 9 heteroatoms. The molecular weight excluding hydrogens is 514 g/mol. The summed E-state index contributed by atoms with van der Waals surface area (Å²) < 4.78 is 3.59. The van der Waals surface area contributed by atoms with Gasteiger partial charge in [0.05, 0.1) is 11.9 Å². The topological polar surface area (TPSA) is 97.1 Å². The molecule has 0 aliphatic heterocycles. The SMILES string of the molecule is CN(C)c1ccc(NC(=O)CCCc2cn(-c3ccccc3)c(NC(=O)c3cccc(-c4cnn(C)c4)c3)n2)cc1. The van der Waals surface area contributed by atoms with Crippen molar-refractivity contribution in [3.63, 3.8) is 0 Å². The molecule has 0 atom stereocenters. The van der Waals surface area contributed by atoms with Crippen molar-refractivity contribution in [3.8, 4) is 16.8 Å². The first-order valence-electron chi connectivity index (χ1n) is 13.5. The summed E-state index contributed by atoms with van der Waals surface area (Å²) in [6.45, 7) is 0. The van der Waals surface area contributed by atoms with Crippen LogP contribution >= 0.6 is 0 Å². The Hall–Kier alpha value is -5.18. The molecule has 2 N–H and O–H groups in total. The molecule has 208 valence electrons. The van der Waals surface area contributed by atoms with Gasteiger partial charge in [-0.1, -0.05) is 30.3 Å². The van der Waals surface area contributed by atoms with Gasteiger partial charge < -0.3 is 10.2 Å². The van der Waals surface area contributed by atoms with E-state index in [-0.39, 0.29) is 11.8 Å². The van der Waals surface area contributed by atoms with Gasteiger partial charge in [0.25, 0.3) is 5.91 Å². The highest BCUT2D eigenvalue weighted by Gasteiger charge is 2.15. The van der Waals surface area contributed by atoms with Crippen LogP contribution in [0.2, 0.25) is 0 Å². The molecule has 9 nitrogen and oxygen atoms in total. The number of para-hydroxylation sites is 1. The summed E-state index contributed by atoms with van der Waals surface area (Å²) in [5.41, 5.74) is 5.87. The van der Waals surface area contributed by atoms with E-state index >= 15 is 0 Å². The Balaban J connectivity index is 1.26. The number of nitrogens with zero attached hydrogens (tertiary/aromatic N) is 5. The molecule has 0 spiro atoms. The van der Waals surface area contributed by atoms with Crippen molar-refractivity contribution in [2.24, 2.45) is 7.05 Å². The predicted octanol–water partition coefficient (Wildman–Crippen LogP) is 5.55. The Morgan fingerprint density at radius 3 is 2.37 bits per heavy atom. The number of hydrogen-bond donors (Lipinski definition) is 2. The third-order valence-electron chi connectivity index (χ3n) is 6.68. The number of hydrogen-bond acceptors (Lipinski definition) is 5. The Bertz CT molecular complexity index is 1640. The number of aryl methyl sites for hydroxylation is 2. The third-order valence-corrected chi connectivity index (χ3v) is 6.68. The first kappa shape index (κ1) is 27.4. The first-order valence-corrected chi connectivity index (χ1v) is 13.5. The average molecular weight is 548 g/mol. The van der Waals surface area contributed by atoms with Gasteiger partial charge >= 0.3 is 0 Å². The molecular formula is C32H33N7O2. The highest BCUT2D eigenvalue weighted by atomic mass is 16.2. The van der Waals surface area contributed by atoms with E-state index in [4.69, 9.17) is 4.98 Å². The Morgan fingerprint density at radius 1 is 0.878 bits per heavy atom. The molecule has 5 rings (SSSR count). The minimum atomic E-state index is -0.260.